The Balaban J connectivity index is 2.31. The number of nitrogens with one attached hydrogen (secondary N) is 4. The summed E-state index contributed by atoms with van der Waals surface area (Å²) in [5, 5.41) is 9.40. The number of aromatic amines is 1. The Hall–Kier alpha value is -7.60. The minimum atomic E-state index is -1.32. The average Bonchev–Trinajstić information content (AvgIpc) is 0.902. The van der Waals surface area contributed by atoms with Crippen LogP contribution in [0.15, 0.2) is 30.5 Å². The summed E-state index contributed by atoms with van der Waals surface area (Å²) in [6, 6.07) is -3.25. The van der Waals surface area contributed by atoms with Gasteiger partial charge in [-0.2, -0.15) is 0 Å². The quantitative estimate of drug-likeness (QED) is 0.222. The molecule has 25 heteroatoms. The fourth-order valence-electron chi connectivity index (χ4n) is 12.9. The number of carbonyl (C=O) groups excluding carboxylic acids is 12. The molecule has 0 spiro atoms. The second-order valence-electron chi connectivity index (χ2n) is 28.1. The summed E-state index contributed by atoms with van der Waals surface area (Å²) in [6.45, 7) is 26.8. The van der Waals surface area contributed by atoms with Gasteiger partial charge in [0.15, 0.2) is 0 Å². The Morgan fingerprint density at radius 3 is 1.21 bits per heavy atom. The first-order valence-electron chi connectivity index (χ1n) is 33.4. The first-order chi connectivity index (χ1) is 43.7. The maximum Gasteiger partial charge on any atom is 0.246 e. The average molecular weight is 1320 g/mol. The molecule has 4 N–H and O–H groups in total. The van der Waals surface area contributed by atoms with Crippen molar-refractivity contribution < 1.29 is 57.5 Å². The van der Waals surface area contributed by atoms with Gasteiger partial charge in [0, 0.05) is 86.9 Å². The van der Waals surface area contributed by atoms with E-state index in [1.165, 1.54) is 108 Å². The van der Waals surface area contributed by atoms with Crippen LogP contribution < -0.4 is 16.0 Å². The molecule has 1 aromatic heterocycles. The smallest absolute Gasteiger partial charge is 0.246 e. The van der Waals surface area contributed by atoms with Crippen LogP contribution in [-0.2, 0) is 64.0 Å². The normalized spacial score (nSPS) is 25.5. The number of H-pyrrole nitrogens is 1. The van der Waals surface area contributed by atoms with Gasteiger partial charge in [-0.25, -0.2) is 0 Å². The molecule has 12 amide bonds. The van der Waals surface area contributed by atoms with Crippen LogP contribution in [-0.4, -0.2) is 257 Å². The molecule has 25 nitrogen and oxygen atoms in total. The lowest BCUT2D eigenvalue weighted by atomic mass is 9.93. The highest BCUT2D eigenvalue weighted by Gasteiger charge is 2.46. The SMILES string of the molecule is CC[C@H](C)[C@@H]1NC(=O)[C@H](C(C)C)N(C)C(=O)[C@H](Cc2c[nH]c3ccccc23)NC(=O)CN(C)C(=O)[C@H]([C@@H](C)CC)N(C)C(=O)[C@H](C(C)C)NC(=O)CN(C)C(=O)[C@H]([C@@H](C)CC)N(C)C(=O)[C@H](C(C)C)N(C)C(=O)CN(C)C(=O)[C@H](C(C)C)N(C)C(=O)[C@H](C(C)C)N(C)C1=O. The summed E-state index contributed by atoms with van der Waals surface area (Å²) in [5.41, 5.74) is 1.44. The third-order valence-corrected chi connectivity index (χ3v) is 19.1. The van der Waals surface area contributed by atoms with Gasteiger partial charge >= 0.3 is 0 Å². The number of fused-ring (bicyclic) bond motifs is 1. The monoisotopic (exact) mass is 1320 g/mol. The molecule has 0 bridgehead atoms. The number of carbonyl (C=O) groups is 12. The minimum Gasteiger partial charge on any atom is -0.361 e. The number of aromatic nitrogens is 1. The number of benzene rings is 1. The summed E-state index contributed by atoms with van der Waals surface area (Å²) in [5.74, 6) is -11.6. The molecule has 1 aromatic carbocycles. The number of para-hydroxylation sites is 1. The van der Waals surface area contributed by atoms with E-state index in [4.69, 9.17) is 0 Å². The van der Waals surface area contributed by atoms with Crippen molar-refractivity contribution in [2.75, 3.05) is 83.1 Å². The van der Waals surface area contributed by atoms with Crippen LogP contribution in [0.1, 0.15) is 136 Å². The highest BCUT2D eigenvalue weighted by Crippen LogP contribution is 2.27. The lowest BCUT2D eigenvalue weighted by Gasteiger charge is -2.41. The van der Waals surface area contributed by atoms with Crippen molar-refractivity contribution in [1.29, 1.82) is 0 Å². The van der Waals surface area contributed by atoms with E-state index in [1.54, 1.807) is 96.2 Å². The fourth-order valence-corrected chi connectivity index (χ4v) is 12.9. The van der Waals surface area contributed by atoms with Gasteiger partial charge in [-0.3, -0.25) is 57.5 Å². The molecule has 2 aromatic rings. The largest absolute Gasteiger partial charge is 0.361 e. The van der Waals surface area contributed by atoms with E-state index in [0.29, 0.717) is 24.8 Å². The molecule has 1 aliphatic rings. The van der Waals surface area contributed by atoms with Crippen LogP contribution in [0.3, 0.4) is 0 Å². The molecule has 94 heavy (non-hydrogen) atoms. The molecule has 12 atom stereocenters. The molecule has 3 rings (SSSR count). The predicted octanol–water partition coefficient (Wildman–Crippen LogP) is 3.93. The summed E-state index contributed by atoms with van der Waals surface area (Å²) in [4.78, 5) is 191. The van der Waals surface area contributed by atoms with Crippen LogP contribution in [0.5, 0.6) is 0 Å². The second-order valence-corrected chi connectivity index (χ2v) is 28.1. The summed E-state index contributed by atoms with van der Waals surface area (Å²) in [7, 11) is 13.0. The first-order valence-corrected chi connectivity index (χ1v) is 33.4. The first kappa shape index (κ1) is 80.6. The van der Waals surface area contributed by atoms with Crippen LogP contribution >= 0.6 is 0 Å². The van der Waals surface area contributed by atoms with E-state index in [1.807, 2.05) is 45.0 Å². The van der Waals surface area contributed by atoms with Crippen molar-refractivity contribution in [3.8, 4) is 0 Å². The molecule has 1 aliphatic heterocycles. The van der Waals surface area contributed by atoms with Crippen LogP contribution in [0.2, 0.25) is 0 Å². The summed E-state index contributed by atoms with van der Waals surface area (Å²) in [6.07, 6.45) is 2.95. The second kappa shape index (κ2) is 35.2. The number of amides is 12. The number of hydrogen-bond acceptors (Lipinski definition) is 12. The number of hydrogen-bond donors (Lipinski definition) is 4. The summed E-state index contributed by atoms with van der Waals surface area (Å²) >= 11 is 0. The van der Waals surface area contributed by atoms with Gasteiger partial charge in [0.2, 0.25) is 70.9 Å². The number of nitrogens with zero attached hydrogens (tertiary/aromatic N) is 9. The van der Waals surface area contributed by atoms with Gasteiger partial charge in [-0.05, 0) is 59.0 Å². The van der Waals surface area contributed by atoms with E-state index < -0.39 is 192 Å². The van der Waals surface area contributed by atoms with Gasteiger partial charge in [0.05, 0.1) is 19.6 Å². The van der Waals surface area contributed by atoms with E-state index in [-0.39, 0.29) is 6.42 Å². The molecule has 1 fully saturated rings. The van der Waals surface area contributed by atoms with Crippen molar-refractivity contribution in [1.82, 2.24) is 65.0 Å². The van der Waals surface area contributed by atoms with E-state index >= 15 is 14.4 Å². The zero-order valence-corrected chi connectivity index (χ0v) is 61.1. The lowest BCUT2D eigenvalue weighted by molar-refractivity contribution is -0.156. The molecule has 0 unspecified atom stereocenters. The van der Waals surface area contributed by atoms with Gasteiger partial charge in [-0.15, -0.1) is 0 Å². The Morgan fingerprint density at radius 1 is 0.383 bits per heavy atom. The predicted molar refractivity (Wildman–Crippen MR) is 363 cm³/mol. The molecule has 0 radical (unpaired) electrons. The maximum atomic E-state index is 15.2. The molecule has 1 saturated heterocycles. The minimum absolute atomic E-state index is 0.0528. The van der Waals surface area contributed by atoms with Gasteiger partial charge in [-0.1, -0.05) is 148 Å². The Bertz CT molecular complexity index is 3000. The number of likely N-dealkylation sites (N-methyl/N-ethyl adjacent to an activating group) is 9. The van der Waals surface area contributed by atoms with Crippen LogP contribution in [0.4, 0.5) is 0 Å². The Labute approximate surface area is 559 Å². The molecular formula is C69H115N13O12. The highest BCUT2D eigenvalue weighted by molar-refractivity contribution is 6.00. The van der Waals surface area contributed by atoms with Crippen molar-refractivity contribution in [3.63, 3.8) is 0 Å². The lowest BCUT2D eigenvalue weighted by Crippen LogP contribution is -2.63. The van der Waals surface area contributed by atoms with Gasteiger partial charge < -0.3 is 65.0 Å². The van der Waals surface area contributed by atoms with Crippen molar-refractivity contribution >= 4 is 81.8 Å². The van der Waals surface area contributed by atoms with E-state index in [0.717, 1.165) is 10.9 Å². The molecule has 0 saturated carbocycles. The molecule has 2 heterocycles. The molecule has 0 aliphatic carbocycles. The fraction of sp³-hybridized carbons (Fsp3) is 0.710. The van der Waals surface area contributed by atoms with Crippen molar-refractivity contribution in [2.45, 2.75) is 191 Å². The summed E-state index contributed by atoms with van der Waals surface area (Å²) < 4.78 is 0. The number of rotatable bonds is 13. The van der Waals surface area contributed by atoms with Crippen molar-refractivity contribution in [2.24, 2.45) is 47.3 Å². The van der Waals surface area contributed by atoms with Gasteiger partial charge in [0.25, 0.3) is 0 Å². The third-order valence-electron chi connectivity index (χ3n) is 19.1. The van der Waals surface area contributed by atoms with Crippen molar-refractivity contribution in [3.05, 3.63) is 36.0 Å². The van der Waals surface area contributed by atoms with E-state index in [2.05, 4.69) is 20.9 Å². The maximum absolute atomic E-state index is 15.2. The standard InChI is InChI=1S/C69H115N13O12/c1-26-43(14)54-64(89)79(22)58(42(12)13)69(94)80(23)56(40(8)9)65(90)76(19)37-52(85)77(20)57(41(10)11)68(93)82(25)60(45(16)28-3)67(92)75(18)36-51(84)72-53(38(4)5)63(88)81(24)59(44(15)27-2)66(91)74(17)35-50(83)71-49(33-46-34-70-48-32-30-29-31-47(46)48)62(87)78(21)55(39(6)7)61(86)73-54/h29-32,34,38-45,49,53-60,70H,26-28,33,35-37H2,1-25H3,(H,71,83)(H,72,84)(H,73,86)/t43-,44-,45-,49-,53-,54-,55-,56-,57-,58-,59-,60-/m0/s1. The third kappa shape index (κ3) is 19.3. The highest BCUT2D eigenvalue weighted by atomic mass is 16.2. The van der Waals surface area contributed by atoms with Crippen LogP contribution in [0, 0.1) is 47.3 Å². The zero-order valence-electron chi connectivity index (χ0n) is 61.1. The van der Waals surface area contributed by atoms with Gasteiger partial charge in [0.1, 0.15) is 54.4 Å². The molecule has 528 valence electrons. The van der Waals surface area contributed by atoms with E-state index in [9.17, 15) is 43.2 Å². The van der Waals surface area contributed by atoms with Crippen LogP contribution in [0.25, 0.3) is 10.9 Å². The molecular weight excluding hydrogens is 1200 g/mol. The Morgan fingerprint density at radius 2 is 0.755 bits per heavy atom. The zero-order chi connectivity index (χ0) is 72.0. The topological polar surface area (TPSA) is 286 Å². The Kier molecular flexibility index (Phi) is 30.2.